The van der Waals surface area contributed by atoms with E-state index in [0.717, 1.165) is 6.42 Å². The Balaban J connectivity index is 1.88. The highest BCUT2D eigenvalue weighted by Gasteiger charge is 2.28. The summed E-state index contributed by atoms with van der Waals surface area (Å²) in [6, 6.07) is 11.6. The van der Waals surface area contributed by atoms with E-state index in [2.05, 4.69) is 36.9 Å². The fourth-order valence-electron chi connectivity index (χ4n) is 2.74. The van der Waals surface area contributed by atoms with Crippen LogP contribution in [0.15, 0.2) is 35.5 Å². The number of hydrogen-bond donors (Lipinski definition) is 0. The van der Waals surface area contributed by atoms with Gasteiger partial charge in [-0.15, -0.1) is 0 Å². The van der Waals surface area contributed by atoms with Crippen molar-refractivity contribution in [1.82, 2.24) is 0 Å². The molecular formula is C16H25NOSi. The first kappa shape index (κ1) is 14.3. The van der Waals surface area contributed by atoms with Crippen LogP contribution in [-0.2, 0) is 11.4 Å². The van der Waals surface area contributed by atoms with E-state index < -0.39 is 8.07 Å². The van der Waals surface area contributed by atoms with Crippen LogP contribution in [0.25, 0.3) is 0 Å². The van der Waals surface area contributed by atoms with E-state index in [1.165, 1.54) is 30.2 Å². The molecule has 104 valence electrons. The molecule has 0 heterocycles. The van der Waals surface area contributed by atoms with Gasteiger partial charge in [-0.2, -0.15) is 0 Å². The molecule has 0 N–H and O–H groups in total. The fraction of sp³-hybridized carbons (Fsp3) is 0.562. The van der Waals surface area contributed by atoms with E-state index in [1.54, 1.807) is 0 Å². The maximum absolute atomic E-state index is 5.55. The molecule has 0 aliphatic heterocycles. The lowest BCUT2D eigenvalue weighted by Gasteiger charge is -2.21. The summed E-state index contributed by atoms with van der Waals surface area (Å²) >= 11 is 0. The van der Waals surface area contributed by atoms with E-state index in [9.17, 15) is 0 Å². The molecule has 1 saturated carbocycles. The van der Waals surface area contributed by atoms with Crippen LogP contribution in [0.5, 0.6) is 0 Å². The second-order valence-electron chi connectivity index (χ2n) is 6.70. The summed E-state index contributed by atoms with van der Waals surface area (Å²) in [5.74, 6) is 0.683. The molecule has 0 bridgehead atoms. The molecular weight excluding hydrogens is 250 g/mol. The minimum atomic E-state index is -1.00. The second-order valence-corrected chi connectivity index (χ2v) is 12.2. The molecule has 1 aliphatic rings. The normalized spacial score (nSPS) is 21.8. The monoisotopic (exact) mass is 275 g/mol. The number of nitrogens with zero attached hydrogens (tertiary/aromatic N) is 1. The Labute approximate surface area is 117 Å². The second kappa shape index (κ2) is 6.37. The zero-order chi connectivity index (χ0) is 13.7. The van der Waals surface area contributed by atoms with Gasteiger partial charge in [0.1, 0.15) is 6.61 Å². The van der Waals surface area contributed by atoms with Crippen molar-refractivity contribution in [3.63, 3.8) is 0 Å². The van der Waals surface area contributed by atoms with Crippen LogP contribution in [0.4, 0.5) is 0 Å². The predicted molar refractivity (Wildman–Crippen MR) is 84.2 cm³/mol. The third-order valence-corrected chi connectivity index (χ3v) is 5.29. The van der Waals surface area contributed by atoms with Crippen molar-refractivity contribution in [3.05, 3.63) is 35.9 Å². The van der Waals surface area contributed by atoms with Crippen LogP contribution in [0.2, 0.25) is 25.7 Å². The smallest absolute Gasteiger partial charge is 0.142 e. The Morgan fingerprint density at radius 3 is 2.63 bits per heavy atom. The molecule has 3 heteroatoms. The van der Waals surface area contributed by atoms with Crippen molar-refractivity contribution in [1.29, 1.82) is 0 Å². The summed E-state index contributed by atoms with van der Waals surface area (Å²) in [4.78, 5) is 5.55. The van der Waals surface area contributed by atoms with Crippen LogP contribution in [0, 0.1) is 5.92 Å². The average Bonchev–Trinajstić information content (AvgIpc) is 2.76. The lowest BCUT2D eigenvalue weighted by atomic mass is 10.1. The first-order valence-corrected chi connectivity index (χ1v) is 11.0. The SMILES string of the molecule is C[Si](C)(C)CC1CCC/C1=N\OCc1ccccc1. The first-order valence-electron chi connectivity index (χ1n) is 7.27. The molecule has 1 unspecified atom stereocenters. The number of rotatable bonds is 5. The summed E-state index contributed by atoms with van der Waals surface area (Å²) < 4.78 is 0. The minimum Gasteiger partial charge on any atom is -0.391 e. The average molecular weight is 275 g/mol. The molecule has 1 aliphatic carbocycles. The number of hydrogen-bond acceptors (Lipinski definition) is 2. The maximum atomic E-state index is 5.55. The van der Waals surface area contributed by atoms with Gasteiger partial charge in [-0.25, -0.2) is 0 Å². The molecule has 2 rings (SSSR count). The summed E-state index contributed by atoms with van der Waals surface area (Å²) in [7, 11) is -1.00. The van der Waals surface area contributed by atoms with Gasteiger partial charge < -0.3 is 4.84 Å². The Morgan fingerprint density at radius 2 is 1.95 bits per heavy atom. The third-order valence-electron chi connectivity index (χ3n) is 3.57. The largest absolute Gasteiger partial charge is 0.391 e. The Hall–Kier alpha value is -1.09. The van der Waals surface area contributed by atoms with Gasteiger partial charge in [-0.1, -0.05) is 55.1 Å². The third kappa shape index (κ3) is 4.82. The Morgan fingerprint density at radius 1 is 1.21 bits per heavy atom. The van der Waals surface area contributed by atoms with Gasteiger partial charge in [-0.05, 0) is 36.8 Å². The standard InChI is InChI=1S/C16H25NOSi/c1-19(2,3)13-15-10-7-11-16(15)17-18-12-14-8-5-4-6-9-14/h4-6,8-9,15H,7,10-13H2,1-3H3/b17-16+. The predicted octanol–water partition coefficient (Wildman–Crippen LogP) is 4.70. The van der Waals surface area contributed by atoms with Gasteiger partial charge >= 0.3 is 0 Å². The van der Waals surface area contributed by atoms with Gasteiger partial charge in [0.15, 0.2) is 0 Å². The molecule has 2 nitrogen and oxygen atoms in total. The molecule has 1 aromatic rings. The molecule has 1 atom stereocenters. The van der Waals surface area contributed by atoms with Crippen LogP contribution in [-0.4, -0.2) is 13.8 Å². The number of benzene rings is 1. The van der Waals surface area contributed by atoms with Crippen molar-refractivity contribution >= 4 is 13.8 Å². The van der Waals surface area contributed by atoms with Gasteiger partial charge in [-0.3, -0.25) is 0 Å². The van der Waals surface area contributed by atoms with Crippen LogP contribution in [0.1, 0.15) is 24.8 Å². The fourth-order valence-corrected chi connectivity index (χ4v) is 4.66. The molecule has 0 spiro atoms. The summed E-state index contributed by atoms with van der Waals surface area (Å²) in [6.07, 6.45) is 3.71. The van der Waals surface area contributed by atoms with E-state index in [4.69, 9.17) is 4.84 Å². The highest BCUT2D eigenvalue weighted by molar-refractivity contribution is 6.76. The molecule has 1 fully saturated rings. The zero-order valence-electron chi connectivity index (χ0n) is 12.4. The lowest BCUT2D eigenvalue weighted by molar-refractivity contribution is 0.129. The van der Waals surface area contributed by atoms with E-state index >= 15 is 0 Å². The van der Waals surface area contributed by atoms with E-state index in [-0.39, 0.29) is 0 Å². The van der Waals surface area contributed by atoms with Gasteiger partial charge in [0.2, 0.25) is 0 Å². The highest BCUT2D eigenvalue weighted by Crippen LogP contribution is 2.30. The highest BCUT2D eigenvalue weighted by atomic mass is 28.3. The molecule has 19 heavy (non-hydrogen) atoms. The quantitative estimate of drug-likeness (QED) is 0.564. The van der Waals surface area contributed by atoms with Crippen molar-refractivity contribution in [2.45, 2.75) is 51.6 Å². The number of oxime groups is 1. The summed E-state index contributed by atoms with van der Waals surface area (Å²) in [5.41, 5.74) is 2.49. The molecule has 1 aromatic carbocycles. The molecule has 0 radical (unpaired) electrons. The summed E-state index contributed by atoms with van der Waals surface area (Å²) in [6.45, 7) is 7.90. The molecule has 0 aromatic heterocycles. The molecule has 0 amide bonds. The Kier molecular flexibility index (Phi) is 4.80. The van der Waals surface area contributed by atoms with Crippen molar-refractivity contribution < 1.29 is 4.84 Å². The lowest BCUT2D eigenvalue weighted by Crippen LogP contribution is -2.25. The molecule has 0 saturated heterocycles. The zero-order valence-corrected chi connectivity index (χ0v) is 13.4. The van der Waals surface area contributed by atoms with E-state index in [0.29, 0.717) is 12.5 Å². The first-order chi connectivity index (χ1) is 9.04. The Bertz CT molecular complexity index is 422. The van der Waals surface area contributed by atoms with Crippen molar-refractivity contribution in [2.75, 3.05) is 0 Å². The van der Waals surface area contributed by atoms with Gasteiger partial charge in [0, 0.05) is 8.07 Å². The van der Waals surface area contributed by atoms with Gasteiger partial charge in [0.05, 0.1) is 5.71 Å². The van der Waals surface area contributed by atoms with Crippen LogP contribution >= 0.6 is 0 Å². The van der Waals surface area contributed by atoms with Crippen LogP contribution < -0.4 is 0 Å². The minimum absolute atomic E-state index is 0.587. The topological polar surface area (TPSA) is 21.6 Å². The summed E-state index contributed by atoms with van der Waals surface area (Å²) in [5, 5.41) is 4.42. The van der Waals surface area contributed by atoms with Crippen molar-refractivity contribution in [3.8, 4) is 0 Å². The van der Waals surface area contributed by atoms with Crippen LogP contribution in [0.3, 0.4) is 0 Å². The van der Waals surface area contributed by atoms with E-state index in [1.807, 2.05) is 18.2 Å². The van der Waals surface area contributed by atoms with Crippen molar-refractivity contribution in [2.24, 2.45) is 11.1 Å². The maximum Gasteiger partial charge on any atom is 0.142 e. The van der Waals surface area contributed by atoms with Gasteiger partial charge in [0.25, 0.3) is 0 Å².